The summed E-state index contributed by atoms with van der Waals surface area (Å²) in [5, 5.41) is 15.4. The number of benzene rings is 2. The van der Waals surface area contributed by atoms with Crippen LogP contribution in [0.25, 0.3) is 11.1 Å². The predicted octanol–water partition coefficient (Wildman–Crippen LogP) is 2.69. The van der Waals surface area contributed by atoms with E-state index in [1.54, 1.807) is 6.92 Å². The minimum atomic E-state index is -2.08. The van der Waals surface area contributed by atoms with E-state index in [0.29, 0.717) is 6.42 Å². The Morgan fingerprint density at radius 2 is 1.54 bits per heavy atom. The SMILES string of the molecule is C=CCOC(=O)[C@H](NC(=O)OCC1c2ccccc2-c2ccccc21)[C@@H](O)C(=O)N[C@H](C(=O)OC)[C@@H](C)CC. The van der Waals surface area contributed by atoms with Crippen molar-refractivity contribution in [3.05, 3.63) is 72.3 Å². The summed E-state index contributed by atoms with van der Waals surface area (Å²) in [7, 11) is 1.18. The van der Waals surface area contributed by atoms with Gasteiger partial charge < -0.3 is 30.0 Å². The van der Waals surface area contributed by atoms with Gasteiger partial charge in [-0.25, -0.2) is 14.4 Å². The average molecular weight is 539 g/mol. The van der Waals surface area contributed by atoms with Crippen LogP contribution in [-0.4, -0.2) is 67.6 Å². The number of amides is 2. The van der Waals surface area contributed by atoms with Crippen molar-refractivity contribution < 1.29 is 38.5 Å². The van der Waals surface area contributed by atoms with E-state index in [0.717, 1.165) is 22.3 Å². The van der Waals surface area contributed by atoms with Crippen LogP contribution in [0.5, 0.6) is 0 Å². The first kappa shape index (κ1) is 29.4. The number of nitrogens with one attached hydrogen (secondary N) is 2. The number of alkyl carbamates (subject to hydrolysis) is 1. The average Bonchev–Trinajstić information content (AvgIpc) is 3.28. The van der Waals surface area contributed by atoms with Crippen LogP contribution in [0.2, 0.25) is 0 Å². The minimum Gasteiger partial charge on any atom is -0.467 e. The topological polar surface area (TPSA) is 140 Å². The minimum absolute atomic E-state index is 0.0466. The number of methoxy groups -OCH3 is 1. The molecule has 0 unspecified atom stereocenters. The van der Waals surface area contributed by atoms with Crippen LogP contribution in [0.15, 0.2) is 61.2 Å². The van der Waals surface area contributed by atoms with Crippen molar-refractivity contribution in [2.45, 2.75) is 44.4 Å². The number of rotatable bonds is 12. The fraction of sp³-hybridized carbons (Fsp3) is 0.379. The second-order valence-electron chi connectivity index (χ2n) is 9.21. The molecule has 0 saturated heterocycles. The Labute approximate surface area is 227 Å². The summed E-state index contributed by atoms with van der Waals surface area (Å²) in [5.41, 5.74) is 4.07. The van der Waals surface area contributed by atoms with Crippen LogP contribution < -0.4 is 10.6 Å². The fourth-order valence-corrected chi connectivity index (χ4v) is 4.45. The lowest BCUT2D eigenvalue weighted by molar-refractivity contribution is -0.153. The van der Waals surface area contributed by atoms with Gasteiger partial charge in [0.1, 0.15) is 19.3 Å². The highest BCUT2D eigenvalue weighted by atomic mass is 16.6. The fourth-order valence-electron chi connectivity index (χ4n) is 4.45. The number of hydrogen-bond donors (Lipinski definition) is 3. The second-order valence-corrected chi connectivity index (χ2v) is 9.21. The maximum absolute atomic E-state index is 12.8. The molecule has 2 aromatic carbocycles. The number of fused-ring (bicyclic) bond motifs is 3. The highest BCUT2D eigenvalue weighted by Gasteiger charge is 2.38. The Morgan fingerprint density at radius 3 is 2.08 bits per heavy atom. The molecule has 10 nitrogen and oxygen atoms in total. The maximum Gasteiger partial charge on any atom is 0.407 e. The molecule has 3 N–H and O–H groups in total. The molecule has 10 heteroatoms. The zero-order chi connectivity index (χ0) is 28.5. The summed E-state index contributed by atoms with van der Waals surface area (Å²) in [4.78, 5) is 50.5. The molecule has 0 bridgehead atoms. The molecular weight excluding hydrogens is 504 g/mol. The van der Waals surface area contributed by atoms with E-state index in [1.807, 2.05) is 55.5 Å². The van der Waals surface area contributed by atoms with Crippen molar-refractivity contribution >= 4 is 23.9 Å². The predicted molar refractivity (Wildman–Crippen MR) is 143 cm³/mol. The van der Waals surface area contributed by atoms with Crippen molar-refractivity contribution in [2.24, 2.45) is 5.92 Å². The van der Waals surface area contributed by atoms with Gasteiger partial charge >= 0.3 is 18.0 Å². The van der Waals surface area contributed by atoms with Crippen molar-refractivity contribution in [2.75, 3.05) is 20.3 Å². The normalized spacial score (nSPS) is 15.0. The van der Waals surface area contributed by atoms with Crippen molar-refractivity contribution in [3.63, 3.8) is 0 Å². The van der Waals surface area contributed by atoms with Crippen molar-refractivity contribution in [1.82, 2.24) is 10.6 Å². The summed E-state index contributed by atoms with van der Waals surface area (Å²) in [6.45, 7) is 6.73. The molecule has 1 aliphatic carbocycles. The smallest absolute Gasteiger partial charge is 0.407 e. The van der Waals surface area contributed by atoms with E-state index in [4.69, 9.17) is 14.2 Å². The molecule has 208 valence electrons. The van der Waals surface area contributed by atoms with Gasteiger partial charge in [0, 0.05) is 5.92 Å². The summed E-state index contributed by atoms with van der Waals surface area (Å²) in [6.07, 6.45) is -1.29. The number of hydrogen-bond acceptors (Lipinski definition) is 8. The Morgan fingerprint density at radius 1 is 0.949 bits per heavy atom. The molecule has 0 heterocycles. The molecule has 3 rings (SSSR count). The van der Waals surface area contributed by atoms with E-state index in [2.05, 4.69) is 17.2 Å². The number of aliphatic hydroxyl groups is 1. The standard InChI is InChI=1S/C29H34N2O8/c1-5-15-38-28(35)24(25(32)26(33)30-23(17(3)6-2)27(34)37-4)31-29(36)39-16-22-20-13-9-7-11-18(20)19-12-8-10-14-21(19)22/h5,7-14,17,22-25,32H,1,6,15-16H2,2-4H3,(H,30,33)(H,31,36)/t17-,23-,24+,25+/m0/s1. The third-order valence-corrected chi connectivity index (χ3v) is 6.76. The Balaban J connectivity index is 1.73. The van der Waals surface area contributed by atoms with E-state index < -0.39 is 42.1 Å². The lowest BCUT2D eigenvalue weighted by Gasteiger charge is -2.26. The Kier molecular flexibility index (Phi) is 10.2. The quantitative estimate of drug-likeness (QED) is 0.213. The molecule has 2 amide bonds. The molecule has 0 radical (unpaired) electrons. The molecule has 0 saturated carbocycles. The van der Waals surface area contributed by atoms with Crippen LogP contribution in [0.1, 0.15) is 37.3 Å². The molecule has 0 fully saturated rings. The number of ether oxygens (including phenoxy) is 3. The highest BCUT2D eigenvalue weighted by Crippen LogP contribution is 2.44. The first-order chi connectivity index (χ1) is 18.7. The molecule has 39 heavy (non-hydrogen) atoms. The first-order valence-electron chi connectivity index (χ1n) is 12.7. The molecule has 2 aromatic rings. The van der Waals surface area contributed by atoms with Gasteiger partial charge in [0.05, 0.1) is 7.11 Å². The van der Waals surface area contributed by atoms with Crippen LogP contribution in [-0.2, 0) is 28.6 Å². The largest absolute Gasteiger partial charge is 0.467 e. The molecule has 0 spiro atoms. The lowest BCUT2D eigenvalue weighted by atomic mass is 9.98. The first-order valence-corrected chi connectivity index (χ1v) is 12.7. The van der Waals surface area contributed by atoms with Gasteiger partial charge in [-0.3, -0.25) is 4.79 Å². The van der Waals surface area contributed by atoms with Crippen LogP contribution in [0.4, 0.5) is 4.79 Å². The Bertz CT molecular complexity index is 1170. The zero-order valence-corrected chi connectivity index (χ0v) is 22.2. The van der Waals surface area contributed by atoms with Gasteiger partial charge in [-0.2, -0.15) is 0 Å². The highest BCUT2D eigenvalue weighted by molar-refractivity contribution is 5.93. The monoisotopic (exact) mass is 538 g/mol. The summed E-state index contributed by atoms with van der Waals surface area (Å²) in [5.74, 6) is -3.41. The van der Waals surface area contributed by atoms with E-state index >= 15 is 0 Å². The summed E-state index contributed by atoms with van der Waals surface area (Å²) < 4.78 is 15.2. The zero-order valence-electron chi connectivity index (χ0n) is 22.2. The number of esters is 2. The Hall–Kier alpha value is -4.18. The van der Waals surface area contributed by atoms with E-state index in [9.17, 15) is 24.3 Å². The van der Waals surface area contributed by atoms with Crippen molar-refractivity contribution in [1.29, 1.82) is 0 Å². The summed E-state index contributed by atoms with van der Waals surface area (Å²) >= 11 is 0. The van der Waals surface area contributed by atoms with Gasteiger partial charge in [0.15, 0.2) is 12.1 Å². The van der Waals surface area contributed by atoms with Gasteiger partial charge in [0.25, 0.3) is 5.91 Å². The van der Waals surface area contributed by atoms with Gasteiger partial charge in [-0.1, -0.05) is 81.5 Å². The summed E-state index contributed by atoms with van der Waals surface area (Å²) in [6, 6.07) is 12.7. The van der Waals surface area contributed by atoms with Crippen LogP contribution >= 0.6 is 0 Å². The lowest BCUT2D eigenvalue weighted by Crippen LogP contribution is -2.58. The van der Waals surface area contributed by atoms with E-state index in [1.165, 1.54) is 13.2 Å². The third kappa shape index (κ3) is 6.83. The molecule has 0 aromatic heterocycles. The molecule has 0 aliphatic heterocycles. The van der Waals surface area contributed by atoms with Gasteiger partial charge in [0.2, 0.25) is 0 Å². The number of aliphatic hydroxyl groups excluding tert-OH is 1. The maximum atomic E-state index is 12.8. The molecular formula is C29H34N2O8. The second kappa shape index (κ2) is 13.6. The van der Waals surface area contributed by atoms with Crippen LogP contribution in [0.3, 0.4) is 0 Å². The molecule has 4 atom stereocenters. The van der Waals surface area contributed by atoms with Crippen LogP contribution in [0, 0.1) is 5.92 Å². The number of carbonyl (C=O) groups is 4. The number of carbonyl (C=O) groups excluding carboxylic acids is 4. The van der Waals surface area contributed by atoms with Gasteiger partial charge in [-0.15, -0.1) is 0 Å². The van der Waals surface area contributed by atoms with Gasteiger partial charge in [-0.05, 0) is 28.2 Å². The van der Waals surface area contributed by atoms with E-state index in [-0.39, 0.29) is 25.0 Å². The molecule has 1 aliphatic rings. The third-order valence-electron chi connectivity index (χ3n) is 6.76. The van der Waals surface area contributed by atoms with Crippen molar-refractivity contribution in [3.8, 4) is 11.1 Å².